The summed E-state index contributed by atoms with van der Waals surface area (Å²) in [6.45, 7) is 0.439. The summed E-state index contributed by atoms with van der Waals surface area (Å²) in [5, 5.41) is 0. The van der Waals surface area contributed by atoms with Crippen LogP contribution < -0.4 is 0 Å². The molecule has 0 spiro atoms. The molecule has 1 aliphatic carbocycles. The summed E-state index contributed by atoms with van der Waals surface area (Å²) < 4.78 is 4.78. The third-order valence-electron chi connectivity index (χ3n) is 2.42. The van der Waals surface area contributed by atoms with Crippen molar-refractivity contribution in [3.63, 3.8) is 0 Å². The Balaban J connectivity index is 0.000000138. The summed E-state index contributed by atoms with van der Waals surface area (Å²) in [4.78, 5) is 31.4. The molecule has 0 unspecified atom stereocenters. The minimum absolute atomic E-state index is 0.121. The van der Waals surface area contributed by atoms with Gasteiger partial charge in [-0.15, -0.1) is 0 Å². The third kappa shape index (κ3) is 2.79. The molecule has 2 aliphatic rings. The van der Waals surface area contributed by atoms with E-state index in [2.05, 4.69) is 0 Å². The van der Waals surface area contributed by atoms with Gasteiger partial charge in [-0.1, -0.05) is 18.2 Å². The first kappa shape index (κ1) is 12.0. The molecular weight excluding hydrogens is 232 g/mol. The first-order valence-electron chi connectivity index (χ1n) is 5.36. The van der Waals surface area contributed by atoms with E-state index in [9.17, 15) is 14.4 Å². The van der Waals surface area contributed by atoms with Crippen molar-refractivity contribution >= 4 is 17.5 Å². The van der Waals surface area contributed by atoms with E-state index in [4.69, 9.17) is 4.74 Å². The van der Waals surface area contributed by atoms with Crippen LogP contribution in [0.25, 0.3) is 0 Å². The van der Waals surface area contributed by atoms with Gasteiger partial charge in [0, 0.05) is 5.56 Å². The van der Waals surface area contributed by atoms with Gasteiger partial charge in [-0.2, -0.15) is 0 Å². The Kier molecular flexibility index (Phi) is 3.48. The lowest BCUT2D eigenvalue weighted by molar-refractivity contribution is -0.113. The molecule has 18 heavy (non-hydrogen) atoms. The number of fused-ring (bicyclic) bond motifs is 1. The minimum atomic E-state index is -0.199. The van der Waals surface area contributed by atoms with Crippen molar-refractivity contribution in [1.29, 1.82) is 0 Å². The Morgan fingerprint density at radius 1 is 0.833 bits per heavy atom. The molecule has 4 nitrogen and oxygen atoms in total. The quantitative estimate of drug-likeness (QED) is 0.512. The van der Waals surface area contributed by atoms with Gasteiger partial charge in [-0.05, 0) is 30.4 Å². The molecule has 4 heteroatoms. The molecular formula is C14H10O4. The molecule has 1 heterocycles. The second-order valence-corrected chi connectivity index (χ2v) is 3.70. The van der Waals surface area contributed by atoms with E-state index in [1.54, 1.807) is 6.07 Å². The first-order valence-corrected chi connectivity index (χ1v) is 5.36. The second-order valence-electron chi connectivity index (χ2n) is 3.70. The Labute approximate surface area is 104 Å². The smallest absolute Gasteiger partial charge is 0.338 e. The van der Waals surface area contributed by atoms with Gasteiger partial charge in [-0.3, -0.25) is 9.59 Å². The molecule has 1 aromatic rings. The Hall–Kier alpha value is -2.49. The number of rotatable bonds is 0. The number of carbonyl (C=O) groups is 3. The summed E-state index contributed by atoms with van der Waals surface area (Å²) in [6, 6.07) is 7.43. The highest BCUT2D eigenvalue weighted by molar-refractivity contribution is 6.14. The van der Waals surface area contributed by atoms with Crippen molar-refractivity contribution in [1.82, 2.24) is 0 Å². The predicted molar refractivity (Wildman–Crippen MR) is 63.9 cm³/mol. The maximum absolute atomic E-state index is 10.8. The fourth-order valence-electron chi connectivity index (χ4n) is 1.51. The van der Waals surface area contributed by atoms with Gasteiger partial charge in [0.25, 0.3) is 0 Å². The maximum atomic E-state index is 10.8. The summed E-state index contributed by atoms with van der Waals surface area (Å²) >= 11 is 0. The molecule has 0 bridgehead atoms. The van der Waals surface area contributed by atoms with E-state index in [-0.39, 0.29) is 17.5 Å². The summed E-state index contributed by atoms with van der Waals surface area (Å²) in [5.41, 5.74) is 1.70. The molecule has 0 aromatic heterocycles. The molecule has 0 N–H and O–H groups in total. The molecule has 1 aromatic carbocycles. The summed E-state index contributed by atoms with van der Waals surface area (Å²) in [6.07, 6.45) is 5.01. The number of hydrogen-bond donors (Lipinski definition) is 0. The van der Waals surface area contributed by atoms with Gasteiger partial charge in [0.05, 0.1) is 5.56 Å². The number of allylic oxidation sites excluding steroid dienone is 4. The molecule has 0 fully saturated rings. The van der Waals surface area contributed by atoms with Gasteiger partial charge in [-0.25, -0.2) is 4.79 Å². The number of cyclic esters (lactones) is 1. The van der Waals surface area contributed by atoms with Crippen molar-refractivity contribution in [2.75, 3.05) is 0 Å². The molecule has 0 radical (unpaired) electrons. The Morgan fingerprint density at radius 2 is 1.39 bits per heavy atom. The van der Waals surface area contributed by atoms with Gasteiger partial charge in [0.1, 0.15) is 6.61 Å². The Bertz CT molecular complexity index is 529. The van der Waals surface area contributed by atoms with Crippen LogP contribution in [0.2, 0.25) is 0 Å². The fourth-order valence-corrected chi connectivity index (χ4v) is 1.51. The predicted octanol–water partition coefficient (Wildman–Crippen LogP) is 1.61. The van der Waals surface area contributed by atoms with Crippen molar-refractivity contribution < 1.29 is 19.1 Å². The van der Waals surface area contributed by atoms with Crippen molar-refractivity contribution in [3.8, 4) is 0 Å². The minimum Gasteiger partial charge on any atom is -0.457 e. The number of hydrogen-bond acceptors (Lipinski definition) is 4. The van der Waals surface area contributed by atoms with Crippen LogP contribution in [0.5, 0.6) is 0 Å². The molecule has 0 saturated carbocycles. The van der Waals surface area contributed by atoms with E-state index in [1.165, 1.54) is 24.3 Å². The van der Waals surface area contributed by atoms with Crippen molar-refractivity contribution in [2.24, 2.45) is 0 Å². The molecule has 3 rings (SSSR count). The van der Waals surface area contributed by atoms with E-state index < -0.39 is 0 Å². The fraction of sp³-hybridized carbons (Fsp3) is 0.0714. The number of ether oxygens (including phenoxy) is 1. The van der Waals surface area contributed by atoms with Gasteiger partial charge in [0.2, 0.25) is 0 Å². The number of carbonyl (C=O) groups excluding carboxylic acids is 3. The van der Waals surface area contributed by atoms with Gasteiger partial charge < -0.3 is 4.74 Å². The van der Waals surface area contributed by atoms with E-state index in [0.717, 1.165) is 5.56 Å². The van der Waals surface area contributed by atoms with Crippen LogP contribution in [0.15, 0.2) is 48.6 Å². The molecule has 90 valence electrons. The molecule has 0 saturated heterocycles. The van der Waals surface area contributed by atoms with Crippen molar-refractivity contribution in [2.45, 2.75) is 6.61 Å². The van der Waals surface area contributed by atoms with Crippen LogP contribution in [0.3, 0.4) is 0 Å². The summed E-state index contributed by atoms with van der Waals surface area (Å²) in [7, 11) is 0. The average Bonchev–Trinajstić information content (AvgIpc) is 2.76. The lowest BCUT2D eigenvalue weighted by Crippen LogP contribution is -1.97. The van der Waals surface area contributed by atoms with E-state index in [1.807, 2.05) is 18.2 Å². The second kappa shape index (κ2) is 5.23. The summed E-state index contributed by atoms with van der Waals surface area (Å²) in [5.74, 6) is -0.440. The van der Waals surface area contributed by atoms with E-state index in [0.29, 0.717) is 12.2 Å². The van der Waals surface area contributed by atoms with Crippen molar-refractivity contribution in [3.05, 3.63) is 59.7 Å². The van der Waals surface area contributed by atoms with Gasteiger partial charge >= 0.3 is 5.97 Å². The van der Waals surface area contributed by atoms with Crippen LogP contribution in [-0.2, 0) is 20.9 Å². The van der Waals surface area contributed by atoms with Crippen LogP contribution >= 0.6 is 0 Å². The number of benzene rings is 1. The first-order chi connectivity index (χ1) is 8.66. The number of ketones is 2. The maximum Gasteiger partial charge on any atom is 0.338 e. The third-order valence-corrected chi connectivity index (χ3v) is 2.42. The van der Waals surface area contributed by atoms with Crippen LogP contribution in [0.4, 0.5) is 0 Å². The monoisotopic (exact) mass is 242 g/mol. The Morgan fingerprint density at radius 3 is 1.94 bits per heavy atom. The van der Waals surface area contributed by atoms with Gasteiger partial charge in [0.15, 0.2) is 11.6 Å². The average molecular weight is 242 g/mol. The highest BCUT2D eigenvalue weighted by Gasteiger charge is 2.18. The standard InChI is InChI=1S/C8H6O2.C6H4O2/c9-8-7-4-2-1-3-6(7)5-10-8;7-5-1-2-6(8)4-3-5/h1-4H,5H2;1-4H. The normalized spacial score (nSPS) is 15.9. The molecule has 1 aliphatic heterocycles. The largest absolute Gasteiger partial charge is 0.457 e. The molecule has 0 amide bonds. The number of esters is 1. The van der Waals surface area contributed by atoms with Crippen LogP contribution in [0.1, 0.15) is 15.9 Å². The lowest BCUT2D eigenvalue weighted by Gasteiger charge is -1.87. The van der Waals surface area contributed by atoms with E-state index >= 15 is 0 Å². The topological polar surface area (TPSA) is 60.4 Å². The molecule has 0 atom stereocenters. The highest BCUT2D eigenvalue weighted by atomic mass is 16.5. The zero-order valence-electron chi connectivity index (χ0n) is 9.46. The SMILES string of the molecule is O=C1C=CC(=O)C=C1.O=C1OCc2ccccc21. The highest BCUT2D eigenvalue weighted by Crippen LogP contribution is 2.18. The van der Waals surface area contributed by atoms with Crippen LogP contribution in [-0.4, -0.2) is 17.5 Å². The zero-order chi connectivity index (χ0) is 13.0. The lowest BCUT2D eigenvalue weighted by atomic mass is 10.1. The zero-order valence-corrected chi connectivity index (χ0v) is 9.46. The van der Waals surface area contributed by atoms with Crippen LogP contribution in [0, 0.1) is 0 Å².